The Bertz CT molecular complexity index is 554. The second-order valence-electron chi connectivity index (χ2n) is 6.85. The molecule has 0 atom stereocenters. The molecule has 0 unspecified atom stereocenters. The summed E-state index contributed by atoms with van der Waals surface area (Å²) in [5, 5.41) is 11.5. The highest BCUT2D eigenvalue weighted by atomic mass is 16.5. The first-order valence-electron chi connectivity index (χ1n) is 9.01. The molecule has 2 rings (SSSR count). The van der Waals surface area contributed by atoms with Gasteiger partial charge in [0.05, 0.1) is 18.8 Å². The van der Waals surface area contributed by atoms with Gasteiger partial charge in [0.1, 0.15) is 0 Å². The number of hydrogen-bond acceptors (Lipinski definition) is 3. The molecular formula is C18H33N5O. The van der Waals surface area contributed by atoms with Crippen LogP contribution in [0.15, 0.2) is 4.99 Å². The Morgan fingerprint density at radius 1 is 1.33 bits per heavy atom. The summed E-state index contributed by atoms with van der Waals surface area (Å²) in [5.41, 5.74) is 3.98. The molecule has 6 nitrogen and oxygen atoms in total. The van der Waals surface area contributed by atoms with Gasteiger partial charge in [-0.2, -0.15) is 5.10 Å². The van der Waals surface area contributed by atoms with Gasteiger partial charge in [-0.3, -0.25) is 9.67 Å². The van der Waals surface area contributed by atoms with Gasteiger partial charge in [-0.1, -0.05) is 13.3 Å². The normalized spacial score (nSPS) is 16.8. The predicted octanol–water partition coefficient (Wildman–Crippen LogP) is 2.39. The van der Waals surface area contributed by atoms with Crippen molar-refractivity contribution in [3.63, 3.8) is 0 Å². The van der Waals surface area contributed by atoms with Crippen LogP contribution in [0.3, 0.4) is 0 Å². The molecule has 1 heterocycles. The molecular weight excluding hydrogens is 302 g/mol. The number of aromatic nitrogens is 2. The van der Waals surface area contributed by atoms with Crippen LogP contribution in [0, 0.1) is 19.3 Å². The molecule has 1 aliphatic carbocycles. The van der Waals surface area contributed by atoms with Gasteiger partial charge in [0.15, 0.2) is 5.96 Å². The van der Waals surface area contributed by atoms with Gasteiger partial charge in [-0.25, -0.2) is 0 Å². The van der Waals surface area contributed by atoms with Crippen molar-refractivity contribution in [2.75, 3.05) is 27.3 Å². The van der Waals surface area contributed by atoms with Crippen LogP contribution in [0.2, 0.25) is 0 Å². The van der Waals surface area contributed by atoms with Crippen LogP contribution in [0.1, 0.15) is 49.6 Å². The number of ether oxygens (including phenoxy) is 1. The molecule has 24 heavy (non-hydrogen) atoms. The summed E-state index contributed by atoms with van der Waals surface area (Å²) >= 11 is 0. The maximum absolute atomic E-state index is 5.15. The van der Waals surface area contributed by atoms with Gasteiger partial charge in [0.2, 0.25) is 0 Å². The second-order valence-corrected chi connectivity index (χ2v) is 6.85. The number of hydrogen-bond donors (Lipinski definition) is 2. The first-order chi connectivity index (χ1) is 11.5. The van der Waals surface area contributed by atoms with E-state index in [1.165, 1.54) is 36.9 Å². The molecule has 2 N–H and O–H groups in total. The molecule has 1 saturated carbocycles. The van der Waals surface area contributed by atoms with E-state index in [1.54, 1.807) is 7.11 Å². The lowest BCUT2D eigenvalue weighted by Gasteiger charge is -2.41. The second kappa shape index (κ2) is 8.51. The lowest BCUT2D eigenvalue weighted by Crippen LogP contribution is -2.46. The zero-order valence-corrected chi connectivity index (χ0v) is 15.9. The summed E-state index contributed by atoms with van der Waals surface area (Å²) in [6, 6.07) is 0. The van der Waals surface area contributed by atoms with Crippen LogP contribution < -0.4 is 10.6 Å². The van der Waals surface area contributed by atoms with E-state index in [-0.39, 0.29) is 0 Å². The van der Waals surface area contributed by atoms with Gasteiger partial charge in [0, 0.05) is 38.5 Å². The molecule has 1 aromatic heterocycles. The minimum Gasteiger partial charge on any atom is -0.383 e. The van der Waals surface area contributed by atoms with E-state index >= 15 is 0 Å². The Morgan fingerprint density at radius 3 is 2.62 bits per heavy atom. The van der Waals surface area contributed by atoms with E-state index in [9.17, 15) is 0 Å². The Morgan fingerprint density at radius 2 is 2.08 bits per heavy atom. The molecule has 0 spiro atoms. The fraction of sp³-hybridized carbons (Fsp3) is 0.778. The summed E-state index contributed by atoms with van der Waals surface area (Å²) in [6.07, 6.45) is 5.26. The molecule has 0 aromatic carbocycles. The van der Waals surface area contributed by atoms with Crippen molar-refractivity contribution in [1.29, 1.82) is 0 Å². The van der Waals surface area contributed by atoms with Crippen molar-refractivity contribution in [1.82, 2.24) is 20.4 Å². The number of guanidine groups is 1. The fourth-order valence-corrected chi connectivity index (χ4v) is 3.38. The minimum absolute atomic E-state index is 0.481. The standard InChI is InChI=1S/C18H33N5O/c1-6-18(8-7-9-18)13-21-17(19-4)20-12-16-14(2)22-23(15(16)3)10-11-24-5/h6-13H2,1-5H3,(H2,19,20,21). The van der Waals surface area contributed by atoms with Crippen LogP contribution in [-0.2, 0) is 17.8 Å². The number of aliphatic imine (C=N–C) groups is 1. The first kappa shape index (κ1) is 18.8. The van der Waals surface area contributed by atoms with Crippen LogP contribution >= 0.6 is 0 Å². The SMILES string of the molecule is CCC1(CNC(=NC)NCc2c(C)nn(CCOC)c2C)CCC1. The van der Waals surface area contributed by atoms with Gasteiger partial charge in [-0.05, 0) is 38.5 Å². The molecule has 1 fully saturated rings. The van der Waals surface area contributed by atoms with Gasteiger partial charge in [0.25, 0.3) is 0 Å². The van der Waals surface area contributed by atoms with Gasteiger partial charge >= 0.3 is 0 Å². The molecule has 1 aliphatic rings. The zero-order chi connectivity index (χ0) is 17.6. The largest absolute Gasteiger partial charge is 0.383 e. The topological polar surface area (TPSA) is 63.5 Å². The van der Waals surface area contributed by atoms with E-state index in [2.05, 4.69) is 41.5 Å². The molecule has 0 aliphatic heterocycles. The Labute approximate surface area is 146 Å². The smallest absolute Gasteiger partial charge is 0.191 e. The Hall–Kier alpha value is -1.56. The number of nitrogens with one attached hydrogen (secondary N) is 2. The van der Waals surface area contributed by atoms with E-state index < -0.39 is 0 Å². The van der Waals surface area contributed by atoms with Crippen molar-refractivity contribution in [3.05, 3.63) is 17.0 Å². The van der Waals surface area contributed by atoms with E-state index in [0.717, 1.165) is 31.3 Å². The Balaban J connectivity index is 1.90. The fourth-order valence-electron chi connectivity index (χ4n) is 3.38. The Kier molecular flexibility index (Phi) is 6.66. The monoisotopic (exact) mass is 335 g/mol. The molecule has 0 radical (unpaired) electrons. The third-order valence-corrected chi connectivity index (χ3v) is 5.49. The van der Waals surface area contributed by atoms with Gasteiger partial charge in [-0.15, -0.1) is 0 Å². The lowest BCUT2D eigenvalue weighted by atomic mass is 9.67. The highest BCUT2D eigenvalue weighted by Crippen LogP contribution is 2.42. The summed E-state index contributed by atoms with van der Waals surface area (Å²) < 4.78 is 7.17. The van der Waals surface area contributed by atoms with Crippen molar-refractivity contribution in [2.24, 2.45) is 10.4 Å². The van der Waals surface area contributed by atoms with Crippen molar-refractivity contribution < 1.29 is 4.74 Å². The quantitative estimate of drug-likeness (QED) is 0.566. The molecule has 0 bridgehead atoms. The highest BCUT2D eigenvalue weighted by molar-refractivity contribution is 5.79. The summed E-state index contributed by atoms with van der Waals surface area (Å²) in [7, 11) is 3.55. The zero-order valence-electron chi connectivity index (χ0n) is 15.9. The molecule has 136 valence electrons. The average molecular weight is 335 g/mol. The number of aryl methyl sites for hydroxylation is 1. The third-order valence-electron chi connectivity index (χ3n) is 5.49. The third kappa shape index (κ3) is 4.29. The van der Waals surface area contributed by atoms with E-state index in [0.29, 0.717) is 12.0 Å². The maximum atomic E-state index is 5.15. The molecule has 6 heteroatoms. The van der Waals surface area contributed by atoms with E-state index in [4.69, 9.17) is 4.74 Å². The van der Waals surface area contributed by atoms with Crippen molar-refractivity contribution >= 4 is 5.96 Å². The molecule has 1 aromatic rings. The average Bonchev–Trinajstić information content (AvgIpc) is 2.81. The lowest BCUT2D eigenvalue weighted by molar-refractivity contribution is 0.131. The minimum atomic E-state index is 0.481. The van der Waals surface area contributed by atoms with Gasteiger partial charge < -0.3 is 15.4 Å². The maximum Gasteiger partial charge on any atom is 0.191 e. The number of nitrogens with zero attached hydrogens (tertiary/aromatic N) is 3. The summed E-state index contributed by atoms with van der Waals surface area (Å²) in [4.78, 5) is 4.36. The number of methoxy groups -OCH3 is 1. The van der Waals surface area contributed by atoms with Crippen LogP contribution in [0.5, 0.6) is 0 Å². The van der Waals surface area contributed by atoms with E-state index in [1.807, 2.05) is 11.7 Å². The molecule has 0 saturated heterocycles. The number of rotatable bonds is 8. The van der Waals surface area contributed by atoms with Crippen molar-refractivity contribution in [2.45, 2.75) is 59.5 Å². The molecule has 0 amide bonds. The summed E-state index contributed by atoms with van der Waals surface area (Å²) in [6.45, 7) is 9.68. The van der Waals surface area contributed by atoms with Crippen LogP contribution in [0.4, 0.5) is 0 Å². The highest BCUT2D eigenvalue weighted by Gasteiger charge is 2.34. The predicted molar refractivity (Wildman–Crippen MR) is 98.4 cm³/mol. The van der Waals surface area contributed by atoms with Crippen molar-refractivity contribution in [3.8, 4) is 0 Å². The van der Waals surface area contributed by atoms with Crippen LogP contribution in [-0.4, -0.2) is 43.0 Å². The summed E-state index contributed by atoms with van der Waals surface area (Å²) in [5.74, 6) is 0.873. The first-order valence-corrected chi connectivity index (χ1v) is 9.01. The van der Waals surface area contributed by atoms with Crippen LogP contribution in [0.25, 0.3) is 0 Å².